The first kappa shape index (κ1) is 14.0. The summed E-state index contributed by atoms with van der Waals surface area (Å²) in [6, 6.07) is 7.97. The zero-order valence-corrected chi connectivity index (χ0v) is 12.7. The largest absolute Gasteiger partial charge is 0.381 e. The SMILES string of the molecule is Cc1nnnn1Cc1ccc(-c2nc([C@H]3CCOC3)no2)cc1. The highest BCUT2D eigenvalue weighted by atomic mass is 16.5. The highest BCUT2D eigenvalue weighted by Gasteiger charge is 2.23. The van der Waals surface area contributed by atoms with Crippen LogP contribution in [0.15, 0.2) is 28.8 Å². The van der Waals surface area contributed by atoms with Crippen molar-refractivity contribution in [3.05, 3.63) is 41.5 Å². The second kappa shape index (κ2) is 5.88. The molecule has 0 bridgehead atoms. The lowest BCUT2D eigenvalue weighted by molar-refractivity contribution is 0.192. The Kier molecular flexibility index (Phi) is 3.58. The number of tetrazole rings is 1. The van der Waals surface area contributed by atoms with Crippen LogP contribution < -0.4 is 0 Å². The van der Waals surface area contributed by atoms with Gasteiger partial charge in [-0.2, -0.15) is 4.98 Å². The summed E-state index contributed by atoms with van der Waals surface area (Å²) in [5.41, 5.74) is 2.01. The van der Waals surface area contributed by atoms with E-state index < -0.39 is 0 Å². The van der Waals surface area contributed by atoms with Crippen LogP contribution >= 0.6 is 0 Å². The summed E-state index contributed by atoms with van der Waals surface area (Å²) in [4.78, 5) is 4.49. The van der Waals surface area contributed by atoms with E-state index in [0.29, 0.717) is 19.0 Å². The average Bonchev–Trinajstić information content (AvgIpc) is 3.30. The molecule has 0 amide bonds. The van der Waals surface area contributed by atoms with Crippen molar-refractivity contribution in [2.24, 2.45) is 0 Å². The van der Waals surface area contributed by atoms with E-state index in [1.807, 2.05) is 31.2 Å². The van der Waals surface area contributed by atoms with Crippen molar-refractivity contribution < 1.29 is 9.26 Å². The van der Waals surface area contributed by atoms with Gasteiger partial charge in [-0.15, -0.1) is 5.10 Å². The molecule has 8 nitrogen and oxygen atoms in total. The van der Waals surface area contributed by atoms with Gasteiger partial charge >= 0.3 is 0 Å². The number of benzene rings is 1. The highest BCUT2D eigenvalue weighted by Crippen LogP contribution is 2.25. The number of aryl methyl sites for hydroxylation is 1. The van der Waals surface area contributed by atoms with Crippen LogP contribution in [-0.4, -0.2) is 43.6 Å². The molecule has 1 aromatic carbocycles. The zero-order valence-electron chi connectivity index (χ0n) is 12.7. The monoisotopic (exact) mass is 312 g/mol. The molecule has 1 fully saturated rings. The predicted octanol–water partition coefficient (Wildman–Crippen LogP) is 1.58. The summed E-state index contributed by atoms with van der Waals surface area (Å²) in [7, 11) is 0. The molecule has 118 valence electrons. The Morgan fingerprint density at radius 1 is 1.26 bits per heavy atom. The van der Waals surface area contributed by atoms with Crippen LogP contribution in [0.1, 0.15) is 29.6 Å². The van der Waals surface area contributed by atoms with Crippen molar-refractivity contribution in [3.63, 3.8) is 0 Å². The van der Waals surface area contributed by atoms with E-state index in [4.69, 9.17) is 9.26 Å². The van der Waals surface area contributed by atoms with Gasteiger partial charge in [-0.3, -0.25) is 0 Å². The summed E-state index contributed by atoms with van der Waals surface area (Å²) >= 11 is 0. The summed E-state index contributed by atoms with van der Waals surface area (Å²) in [5.74, 6) is 2.30. The van der Waals surface area contributed by atoms with Crippen molar-refractivity contribution in [2.45, 2.75) is 25.8 Å². The van der Waals surface area contributed by atoms with E-state index in [0.717, 1.165) is 35.8 Å². The van der Waals surface area contributed by atoms with Gasteiger partial charge in [0.05, 0.1) is 13.2 Å². The van der Waals surface area contributed by atoms with Gasteiger partial charge in [-0.25, -0.2) is 4.68 Å². The smallest absolute Gasteiger partial charge is 0.257 e. The molecule has 23 heavy (non-hydrogen) atoms. The third kappa shape index (κ3) is 2.85. The van der Waals surface area contributed by atoms with Gasteiger partial charge in [0.15, 0.2) is 5.82 Å². The summed E-state index contributed by atoms with van der Waals surface area (Å²) in [5, 5.41) is 15.5. The maximum Gasteiger partial charge on any atom is 0.257 e. The van der Waals surface area contributed by atoms with Crippen LogP contribution in [-0.2, 0) is 11.3 Å². The van der Waals surface area contributed by atoms with Gasteiger partial charge in [-0.1, -0.05) is 17.3 Å². The number of hydrogen-bond acceptors (Lipinski definition) is 7. The lowest BCUT2D eigenvalue weighted by atomic mass is 10.1. The maximum absolute atomic E-state index is 5.37. The number of aromatic nitrogens is 6. The van der Waals surface area contributed by atoms with E-state index in [-0.39, 0.29) is 5.92 Å². The molecule has 0 spiro atoms. The van der Waals surface area contributed by atoms with E-state index >= 15 is 0 Å². The fraction of sp³-hybridized carbons (Fsp3) is 0.400. The minimum Gasteiger partial charge on any atom is -0.381 e. The van der Waals surface area contributed by atoms with Crippen molar-refractivity contribution in [1.82, 2.24) is 30.3 Å². The molecular weight excluding hydrogens is 296 g/mol. The third-order valence-electron chi connectivity index (χ3n) is 3.98. The predicted molar refractivity (Wildman–Crippen MR) is 79.6 cm³/mol. The second-order valence-electron chi connectivity index (χ2n) is 5.60. The van der Waals surface area contributed by atoms with Gasteiger partial charge in [0.1, 0.15) is 5.82 Å². The van der Waals surface area contributed by atoms with Crippen LogP contribution in [0, 0.1) is 6.92 Å². The van der Waals surface area contributed by atoms with Crippen molar-refractivity contribution in [2.75, 3.05) is 13.2 Å². The van der Waals surface area contributed by atoms with Gasteiger partial charge in [0.25, 0.3) is 5.89 Å². The van der Waals surface area contributed by atoms with Gasteiger partial charge in [0, 0.05) is 18.1 Å². The fourth-order valence-electron chi connectivity index (χ4n) is 2.58. The Hall–Kier alpha value is -2.61. The second-order valence-corrected chi connectivity index (χ2v) is 5.60. The van der Waals surface area contributed by atoms with Gasteiger partial charge in [-0.05, 0) is 41.5 Å². The van der Waals surface area contributed by atoms with Crippen LogP contribution in [0.25, 0.3) is 11.5 Å². The standard InChI is InChI=1S/C15H16N6O2/c1-10-17-19-20-21(10)8-11-2-4-12(5-3-11)15-16-14(18-23-15)13-6-7-22-9-13/h2-5,13H,6-9H2,1H3/t13-/m0/s1. The Labute approximate surface area is 132 Å². The summed E-state index contributed by atoms with van der Waals surface area (Å²) < 4.78 is 12.5. The van der Waals surface area contributed by atoms with Crippen LogP contribution in [0.3, 0.4) is 0 Å². The molecule has 3 heterocycles. The Morgan fingerprint density at radius 3 is 2.83 bits per heavy atom. The van der Waals surface area contributed by atoms with Gasteiger partial charge < -0.3 is 9.26 Å². The zero-order chi connectivity index (χ0) is 15.6. The molecule has 1 atom stereocenters. The quantitative estimate of drug-likeness (QED) is 0.722. The summed E-state index contributed by atoms with van der Waals surface area (Å²) in [6.45, 7) is 3.94. The van der Waals surface area contributed by atoms with Crippen molar-refractivity contribution in [1.29, 1.82) is 0 Å². The van der Waals surface area contributed by atoms with E-state index in [1.54, 1.807) is 4.68 Å². The molecule has 0 radical (unpaired) electrons. The molecule has 1 aliphatic heterocycles. The number of hydrogen-bond donors (Lipinski definition) is 0. The molecule has 8 heteroatoms. The molecule has 1 aliphatic rings. The first-order valence-corrected chi connectivity index (χ1v) is 7.53. The minimum atomic E-state index is 0.245. The normalized spacial score (nSPS) is 17.7. The number of nitrogens with zero attached hydrogens (tertiary/aromatic N) is 6. The first-order valence-electron chi connectivity index (χ1n) is 7.53. The van der Waals surface area contributed by atoms with Crippen molar-refractivity contribution in [3.8, 4) is 11.5 Å². The van der Waals surface area contributed by atoms with Crippen molar-refractivity contribution >= 4 is 0 Å². The molecular formula is C15H16N6O2. The minimum absolute atomic E-state index is 0.245. The van der Waals surface area contributed by atoms with Crippen LogP contribution in [0.2, 0.25) is 0 Å². The first-order chi connectivity index (χ1) is 11.3. The molecule has 1 saturated heterocycles. The lowest BCUT2D eigenvalue weighted by Gasteiger charge is -2.02. The molecule has 0 aliphatic carbocycles. The topological polar surface area (TPSA) is 91.8 Å². The Morgan fingerprint density at radius 2 is 2.13 bits per heavy atom. The molecule has 0 unspecified atom stereocenters. The molecule has 3 aromatic rings. The van der Waals surface area contributed by atoms with Gasteiger partial charge in [0.2, 0.25) is 0 Å². The molecule has 0 N–H and O–H groups in total. The Bertz CT molecular complexity index is 788. The van der Waals surface area contributed by atoms with E-state index in [1.165, 1.54) is 0 Å². The van der Waals surface area contributed by atoms with E-state index in [9.17, 15) is 0 Å². The third-order valence-corrected chi connectivity index (χ3v) is 3.98. The molecule has 4 rings (SSSR count). The highest BCUT2D eigenvalue weighted by molar-refractivity contribution is 5.53. The maximum atomic E-state index is 5.37. The van der Waals surface area contributed by atoms with Crippen LogP contribution in [0.4, 0.5) is 0 Å². The van der Waals surface area contributed by atoms with Crippen LogP contribution in [0.5, 0.6) is 0 Å². The number of ether oxygens (including phenoxy) is 1. The Balaban J connectivity index is 1.50. The fourth-order valence-corrected chi connectivity index (χ4v) is 2.58. The van der Waals surface area contributed by atoms with E-state index in [2.05, 4.69) is 25.7 Å². The molecule has 2 aromatic heterocycles. The average molecular weight is 312 g/mol. The molecule has 0 saturated carbocycles. The lowest BCUT2D eigenvalue weighted by Crippen LogP contribution is -2.04. The number of rotatable bonds is 4. The summed E-state index contributed by atoms with van der Waals surface area (Å²) in [6.07, 6.45) is 0.948.